The van der Waals surface area contributed by atoms with E-state index in [0.717, 1.165) is 17.1 Å². The van der Waals surface area contributed by atoms with Gasteiger partial charge in [-0.3, -0.25) is 4.79 Å². The van der Waals surface area contributed by atoms with Crippen LogP contribution in [0.25, 0.3) is 0 Å². The molecule has 0 bridgehead atoms. The lowest BCUT2D eigenvalue weighted by molar-refractivity contribution is -0.122. The quantitative estimate of drug-likeness (QED) is 0.754. The summed E-state index contributed by atoms with van der Waals surface area (Å²) < 4.78 is 11.2. The predicted octanol–water partition coefficient (Wildman–Crippen LogP) is 0.389. The highest BCUT2D eigenvalue weighted by molar-refractivity contribution is 5.78. The summed E-state index contributed by atoms with van der Waals surface area (Å²) in [4.78, 5) is 11.5. The topological polar surface area (TPSA) is 73.6 Å². The molecule has 2 aliphatic rings. The molecule has 2 unspecified atom stereocenters. The van der Waals surface area contributed by atoms with Crippen LogP contribution in [0.1, 0.15) is 17.9 Å². The Morgan fingerprint density at radius 2 is 2.11 bits per heavy atom. The molecule has 0 saturated carbocycles. The fraction of sp³-hybridized carbons (Fsp3) is 0.462. The van der Waals surface area contributed by atoms with Gasteiger partial charge in [-0.2, -0.15) is 0 Å². The molecule has 0 radical (unpaired) electrons. The van der Waals surface area contributed by atoms with Gasteiger partial charge in [0.2, 0.25) is 5.91 Å². The first kappa shape index (κ1) is 11.3. The molecule has 1 aromatic carbocycles. The molecule has 3 rings (SSSR count). The molecule has 3 N–H and O–H groups in total. The highest BCUT2D eigenvalue weighted by atomic mass is 16.6. The summed E-state index contributed by atoms with van der Waals surface area (Å²) in [5, 5.41) is 2.78. The van der Waals surface area contributed by atoms with E-state index >= 15 is 0 Å². The molecular weight excluding hydrogens is 232 g/mol. The standard InChI is InChI=1S/C13H16N2O3/c14-10-7-15-12(16)6-9(10)8-2-1-3-11-13(8)18-5-4-17-11/h1-3,9-10H,4-7,14H2,(H,15,16). The molecule has 1 amide bonds. The zero-order valence-corrected chi connectivity index (χ0v) is 10.0. The molecule has 1 saturated heterocycles. The van der Waals surface area contributed by atoms with Crippen LogP contribution in [0.5, 0.6) is 11.5 Å². The predicted molar refractivity (Wildman–Crippen MR) is 65.8 cm³/mol. The molecule has 0 spiro atoms. The number of carbonyl (C=O) groups excluding carboxylic acids is 1. The normalized spacial score (nSPS) is 26.6. The Hall–Kier alpha value is -1.75. The minimum Gasteiger partial charge on any atom is -0.486 e. The van der Waals surface area contributed by atoms with Crippen LogP contribution in [0.3, 0.4) is 0 Å². The first-order valence-electron chi connectivity index (χ1n) is 6.16. The molecule has 1 fully saturated rings. The van der Waals surface area contributed by atoms with Crippen LogP contribution in [-0.4, -0.2) is 31.7 Å². The third kappa shape index (κ3) is 1.90. The number of carbonyl (C=O) groups is 1. The van der Waals surface area contributed by atoms with E-state index in [2.05, 4.69) is 5.32 Å². The van der Waals surface area contributed by atoms with E-state index in [1.165, 1.54) is 0 Å². The van der Waals surface area contributed by atoms with Gasteiger partial charge in [0.05, 0.1) is 0 Å². The van der Waals surface area contributed by atoms with Crippen LogP contribution in [0, 0.1) is 0 Å². The van der Waals surface area contributed by atoms with Crippen LogP contribution in [0.15, 0.2) is 18.2 Å². The van der Waals surface area contributed by atoms with Gasteiger partial charge in [0, 0.05) is 30.5 Å². The lowest BCUT2D eigenvalue weighted by Crippen LogP contribution is -2.47. The van der Waals surface area contributed by atoms with Gasteiger partial charge >= 0.3 is 0 Å². The number of fused-ring (bicyclic) bond motifs is 1. The van der Waals surface area contributed by atoms with E-state index in [0.29, 0.717) is 26.2 Å². The molecule has 2 heterocycles. The molecule has 96 valence electrons. The van der Waals surface area contributed by atoms with Crippen LogP contribution in [0.2, 0.25) is 0 Å². The SMILES string of the molecule is NC1CNC(=O)CC1c1cccc2c1OCCO2. The van der Waals surface area contributed by atoms with Crippen molar-refractivity contribution >= 4 is 5.91 Å². The Morgan fingerprint density at radius 3 is 3.00 bits per heavy atom. The number of rotatable bonds is 1. The van der Waals surface area contributed by atoms with Crippen molar-refractivity contribution in [2.75, 3.05) is 19.8 Å². The van der Waals surface area contributed by atoms with E-state index in [-0.39, 0.29) is 17.9 Å². The fourth-order valence-electron chi connectivity index (χ4n) is 2.53. The number of benzene rings is 1. The Bertz CT molecular complexity index is 475. The number of piperidine rings is 1. The van der Waals surface area contributed by atoms with Gasteiger partial charge in [-0.25, -0.2) is 0 Å². The minimum absolute atomic E-state index is 0.00426. The highest BCUT2D eigenvalue weighted by Crippen LogP contribution is 2.40. The van der Waals surface area contributed by atoms with Crippen molar-refractivity contribution in [1.29, 1.82) is 0 Å². The Labute approximate surface area is 105 Å². The lowest BCUT2D eigenvalue weighted by Gasteiger charge is -2.31. The van der Waals surface area contributed by atoms with Crippen LogP contribution < -0.4 is 20.5 Å². The number of hydrogen-bond donors (Lipinski definition) is 2. The summed E-state index contributed by atoms with van der Waals surface area (Å²) >= 11 is 0. The highest BCUT2D eigenvalue weighted by Gasteiger charge is 2.31. The van der Waals surface area contributed by atoms with Crippen LogP contribution >= 0.6 is 0 Å². The Balaban J connectivity index is 1.98. The zero-order valence-electron chi connectivity index (χ0n) is 10.0. The Morgan fingerprint density at radius 1 is 1.28 bits per heavy atom. The molecule has 0 aromatic heterocycles. The van der Waals surface area contributed by atoms with Crippen molar-refractivity contribution in [3.05, 3.63) is 23.8 Å². The first-order valence-corrected chi connectivity index (χ1v) is 6.16. The number of nitrogens with two attached hydrogens (primary N) is 1. The summed E-state index contributed by atoms with van der Waals surface area (Å²) in [7, 11) is 0. The van der Waals surface area contributed by atoms with E-state index < -0.39 is 0 Å². The van der Waals surface area contributed by atoms with E-state index in [1.807, 2.05) is 18.2 Å². The number of ether oxygens (including phenoxy) is 2. The molecule has 18 heavy (non-hydrogen) atoms. The molecule has 5 heteroatoms. The smallest absolute Gasteiger partial charge is 0.220 e. The van der Waals surface area contributed by atoms with Crippen molar-refractivity contribution < 1.29 is 14.3 Å². The van der Waals surface area contributed by atoms with Gasteiger partial charge in [-0.05, 0) is 6.07 Å². The molecule has 2 aliphatic heterocycles. The number of amides is 1. The van der Waals surface area contributed by atoms with E-state index in [4.69, 9.17) is 15.2 Å². The minimum atomic E-state index is -0.0836. The second-order valence-corrected chi connectivity index (χ2v) is 4.65. The second kappa shape index (κ2) is 4.49. The Kier molecular flexibility index (Phi) is 2.83. The first-order chi connectivity index (χ1) is 8.75. The van der Waals surface area contributed by atoms with Crippen molar-refractivity contribution in [1.82, 2.24) is 5.32 Å². The van der Waals surface area contributed by atoms with E-state index in [9.17, 15) is 4.79 Å². The fourth-order valence-corrected chi connectivity index (χ4v) is 2.53. The summed E-state index contributed by atoms with van der Waals surface area (Å²) in [5.74, 6) is 1.53. The maximum absolute atomic E-state index is 11.5. The molecular formula is C13H16N2O3. The third-order valence-corrected chi connectivity index (χ3v) is 3.45. The van der Waals surface area contributed by atoms with Crippen molar-refractivity contribution in [2.24, 2.45) is 5.73 Å². The summed E-state index contributed by atoms with van der Waals surface area (Å²) in [6.07, 6.45) is 0.404. The van der Waals surface area contributed by atoms with E-state index in [1.54, 1.807) is 0 Å². The summed E-state index contributed by atoms with van der Waals surface area (Å²) in [6, 6.07) is 5.69. The lowest BCUT2D eigenvalue weighted by atomic mass is 9.85. The number of hydrogen-bond acceptors (Lipinski definition) is 4. The molecule has 0 aliphatic carbocycles. The average Bonchev–Trinajstić information content (AvgIpc) is 2.41. The second-order valence-electron chi connectivity index (χ2n) is 4.65. The monoisotopic (exact) mass is 248 g/mol. The van der Waals surface area contributed by atoms with Gasteiger partial charge in [-0.1, -0.05) is 12.1 Å². The van der Waals surface area contributed by atoms with Gasteiger partial charge < -0.3 is 20.5 Å². The summed E-state index contributed by atoms with van der Waals surface area (Å²) in [5.41, 5.74) is 7.08. The van der Waals surface area contributed by atoms with Gasteiger partial charge in [0.1, 0.15) is 13.2 Å². The number of nitrogens with one attached hydrogen (secondary N) is 1. The maximum atomic E-state index is 11.5. The zero-order chi connectivity index (χ0) is 12.5. The van der Waals surface area contributed by atoms with Crippen LogP contribution in [0.4, 0.5) is 0 Å². The molecule has 1 aromatic rings. The average molecular weight is 248 g/mol. The largest absolute Gasteiger partial charge is 0.486 e. The third-order valence-electron chi connectivity index (χ3n) is 3.45. The van der Waals surface area contributed by atoms with Gasteiger partial charge in [-0.15, -0.1) is 0 Å². The van der Waals surface area contributed by atoms with Crippen molar-refractivity contribution in [3.63, 3.8) is 0 Å². The molecule has 5 nitrogen and oxygen atoms in total. The maximum Gasteiger partial charge on any atom is 0.220 e. The van der Waals surface area contributed by atoms with Crippen molar-refractivity contribution in [3.8, 4) is 11.5 Å². The molecule has 2 atom stereocenters. The summed E-state index contributed by atoms with van der Waals surface area (Å²) in [6.45, 7) is 1.61. The van der Waals surface area contributed by atoms with Gasteiger partial charge in [0.25, 0.3) is 0 Å². The number of para-hydroxylation sites is 1. The van der Waals surface area contributed by atoms with Crippen molar-refractivity contribution in [2.45, 2.75) is 18.4 Å². The van der Waals surface area contributed by atoms with Gasteiger partial charge in [0.15, 0.2) is 11.5 Å². The van der Waals surface area contributed by atoms with Crippen LogP contribution in [-0.2, 0) is 4.79 Å².